The van der Waals surface area contributed by atoms with Crippen LogP contribution in [-0.4, -0.2) is 56.5 Å². The standard InChI is InChI=1S/C10H13NO4.C4H6O4/c12-8-5-6-9(13)11(8)7-3-1-2-4-10(14)15;5-3(6)1-2-4(7)8/h5-6H,1-4,7H2,(H,14,15);1-2H2,(H,5,6)(H,7,8). The number of rotatable bonds is 9. The number of nitrogens with zero attached hydrogens (tertiary/aromatic N) is 1. The van der Waals surface area contributed by atoms with Crippen LogP contribution < -0.4 is 0 Å². The minimum atomic E-state index is -1.08. The first-order valence-electron chi connectivity index (χ1n) is 6.93. The molecule has 0 saturated carbocycles. The normalized spacial score (nSPS) is 12.8. The zero-order chi connectivity index (χ0) is 17.8. The van der Waals surface area contributed by atoms with Crippen LogP contribution in [-0.2, 0) is 24.0 Å². The third kappa shape index (κ3) is 10.6. The predicted molar refractivity (Wildman–Crippen MR) is 76.5 cm³/mol. The Kier molecular flexibility index (Phi) is 9.65. The third-order valence-electron chi connectivity index (χ3n) is 2.73. The number of carboxylic acids is 3. The number of hydrogen-bond donors (Lipinski definition) is 3. The summed E-state index contributed by atoms with van der Waals surface area (Å²) in [6.45, 7) is 0.379. The van der Waals surface area contributed by atoms with E-state index < -0.39 is 17.9 Å². The second-order valence-corrected chi connectivity index (χ2v) is 4.65. The zero-order valence-electron chi connectivity index (χ0n) is 12.4. The summed E-state index contributed by atoms with van der Waals surface area (Å²) in [5.74, 6) is -3.53. The first-order valence-corrected chi connectivity index (χ1v) is 6.93. The molecule has 1 aliphatic rings. The van der Waals surface area contributed by atoms with E-state index in [4.69, 9.17) is 15.3 Å². The maximum Gasteiger partial charge on any atom is 0.303 e. The van der Waals surface area contributed by atoms with Crippen molar-refractivity contribution >= 4 is 29.7 Å². The molecule has 0 radical (unpaired) electrons. The van der Waals surface area contributed by atoms with Gasteiger partial charge in [0.1, 0.15) is 0 Å². The molecule has 9 nitrogen and oxygen atoms in total. The highest BCUT2D eigenvalue weighted by atomic mass is 16.4. The fraction of sp³-hybridized carbons (Fsp3) is 0.500. The van der Waals surface area contributed by atoms with Crippen molar-refractivity contribution in [3.05, 3.63) is 12.2 Å². The molecule has 0 atom stereocenters. The average molecular weight is 329 g/mol. The Morgan fingerprint density at radius 3 is 1.57 bits per heavy atom. The van der Waals surface area contributed by atoms with E-state index in [9.17, 15) is 24.0 Å². The number of carbonyl (C=O) groups is 5. The van der Waals surface area contributed by atoms with Crippen LogP contribution in [0.15, 0.2) is 12.2 Å². The maximum atomic E-state index is 11.1. The van der Waals surface area contributed by atoms with Gasteiger partial charge in [-0.3, -0.25) is 28.9 Å². The zero-order valence-corrected chi connectivity index (χ0v) is 12.4. The van der Waals surface area contributed by atoms with Gasteiger partial charge in [0, 0.05) is 25.1 Å². The highest BCUT2D eigenvalue weighted by Crippen LogP contribution is 2.07. The summed E-state index contributed by atoms with van der Waals surface area (Å²) in [5, 5.41) is 24.2. The van der Waals surface area contributed by atoms with Crippen LogP contribution in [0.4, 0.5) is 0 Å². The van der Waals surface area contributed by atoms with Crippen molar-refractivity contribution in [1.82, 2.24) is 4.90 Å². The largest absolute Gasteiger partial charge is 0.481 e. The molecule has 0 saturated heterocycles. The van der Waals surface area contributed by atoms with E-state index in [2.05, 4.69) is 0 Å². The molecule has 0 unspecified atom stereocenters. The smallest absolute Gasteiger partial charge is 0.303 e. The fourth-order valence-electron chi connectivity index (χ4n) is 1.59. The van der Waals surface area contributed by atoms with Gasteiger partial charge in [-0.15, -0.1) is 0 Å². The SMILES string of the molecule is O=C(O)CCC(=O)O.O=C(O)CCCCCN1C(=O)C=CC1=O. The molecule has 3 N–H and O–H groups in total. The Labute approximate surface area is 132 Å². The highest BCUT2D eigenvalue weighted by molar-refractivity contribution is 6.12. The van der Waals surface area contributed by atoms with Crippen molar-refractivity contribution in [3.8, 4) is 0 Å². The first-order chi connectivity index (χ1) is 10.7. The summed E-state index contributed by atoms with van der Waals surface area (Å²) in [7, 11) is 0. The Bertz CT molecular complexity index is 465. The summed E-state index contributed by atoms with van der Waals surface area (Å²) in [5.41, 5.74) is 0. The number of carbonyl (C=O) groups excluding carboxylic acids is 2. The quantitative estimate of drug-likeness (QED) is 0.408. The van der Waals surface area contributed by atoms with Gasteiger partial charge < -0.3 is 15.3 Å². The van der Waals surface area contributed by atoms with Gasteiger partial charge in [0.15, 0.2) is 0 Å². The van der Waals surface area contributed by atoms with Crippen LogP contribution in [0.5, 0.6) is 0 Å². The van der Waals surface area contributed by atoms with Gasteiger partial charge in [0.25, 0.3) is 11.8 Å². The number of hydrogen-bond acceptors (Lipinski definition) is 5. The molecule has 9 heteroatoms. The Morgan fingerprint density at radius 1 is 0.739 bits per heavy atom. The van der Waals surface area contributed by atoms with E-state index in [1.807, 2.05) is 0 Å². The number of amides is 2. The number of unbranched alkanes of at least 4 members (excludes halogenated alkanes) is 2. The van der Waals surface area contributed by atoms with Gasteiger partial charge in [0.05, 0.1) is 12.8 Å². The van der Waals surface area contributed by atoms with E-state index >= 15 is 0 Å². The van der Waals surface area contributed by atoms with Crippen LogP contribution in [0.2, 0.25) is 0 Å². The second-order valence-electron chi connectivity index (χ2n) is 4.65. The van der Waals surface area contributed by atoms with E-state index in [1.54, 1.807) is 0 Å². The number of imide groups is 1. The van der Waals surface area contributed by atoms with Crippen LogP contribution in [0, 0.1) is 0 Å². The molecule has 1 heterocycles. The van der Waals surface area contributed by atoms with Gasteiger partial charge in [0.2, 0.25) is 0 Å². The van der Waals surface area contributed by atoms with E-state index in [0.29, 0.717) is 25.8 Å². The molecule has 128 valence electrons. The topological polar surface area (TPSA) is 149 Å². The Morgan fingerprint density at radius 2 is 1.17 bits per heavy atom. The van der Waals surface area contributed by atoms with Crippen molar-refractivity contribution in [3.63, 3.8) is 0 Å². The lowest BCUT2D eigenvalue weighted by molar-refractivity contribution is -0.143. The van der Waals surface area contributed by atoms with Crippen molar-refractivity contribution < 1.29 is 39.3 Å². The molecule has 0 bridgehead atoms. The molecule has 0 aromatic heterocycles. The summed E-state index contributed by atoms with van der Waals surface area (Å²) < 4.78 is 0. The highest BCUT2D eigenvalue weighted by Gasteiger charge is 2.22. The number of aliphatic carboxylic acids is 3. The van der Waals surface area contributed by atoms with Gasteiger partial charge in [-0.2, -0.15) is 0 Å². The van der Waals surface area contributed by atoms with E-state index in [-0.39, 0.29) is 31.1 Å². The van der Waals surface area contributed by atoms with E-state index in [1.165, 1.54) is 17.1 Å². The minimum Gasteiger partial charge on any atom is -0.481 e. The van der Waals surface area contributed by atoms with Gasteiger partial charge in [-0.25, -0.2) is 0 Å². The minimum absolute atomic E-state index is 0.139. The summed E-state index contributed by atoms with van der Waals surface area (Å²) in [4.78, 5) is 52.8. The monoisotopic (exact) mass is 329 g/mol. The molecule has 23 heavy (non-hydrogen) atoms. The first kappa shape index (κ1) is 20.3. The molecule has 1 rings (SSSR count). The molecular formula is C14H19NO8. The molecule has 0 aliphatic carbocycles. The van der Waals surface area contributed by atoms with Crippen LogP contribution in [0.3, 0.4) is 0 Å². The van der Waals surface area contributed by atoms with Gasteiger partial charge >= 0.3 is 17.9 Å². The lowest BCUT2D eigenvalue weighted by atomic mass is 10.2. The predicted octanol–water partition coefficient (Wildman–Crippen LogP) is 0.492. The van der Waals surface area contributed by atoms with Gasteiger partial charge in [-0.05, 0) is 12.8 Å². The van der Waals surface area contributed by atoms with Crippen molar-refractivity contribution in [2.75, 3.05) is 6.54 Å². The summed E-state index contributed by atoms with van der Waals surface area (Å²) in [6, 6.07) is 0. The van der Waals surface area contributed by atoms with Crippen molar-refractivity contribution in [2.45, 2.75) is 38.5 Å². The van der Waals surface area contributed by atoms with Crippen LogP contribution >= 0.6 is 0 Å². The lowest BCUT2D eigenvalue weighted by Crippen LogP contribution is -2.30. The summed E-state index contributed by atoms with van der Waals surface area (Å²) in [6.07, 6.45) is 4.00. The third-order valence-corrected chi connectivity index (χ3v) is 2.73. The lowest BCUT2D eigenvalue weighted by Gasteiger charge is -2.12. The molecular weight excluding hydrogens is 310 g/mol. The maximum absolute atomic E-state index is 11.1. The molecule has 0 spiro atoms. The number of carboxylic acid groups (broad SMARTS) is 3. The van der Waals surface area contributed by atoms with Gasteiger partial charge in [-0.1, -0.05) is 6.42 Å². The average Bonchev–Trinajstić information content (AvgIpc) is 2.76. The van der Waals surface area contributed by atoms with Crippen molar-refractivity contribution in [1.29, 1.82) is 0 Å². The fourth-order valence-corrected chi connectivity index (χ4v) is 1.59. The van der Waals surface area contributed by atoms with E-state index in [0.717, 1.165) is 0 Å². The molecule has 0 aromatic rings. The second kappa shape index (κ2) is 10.9. The molecule has 0 aromatic carbocycles. The van der Waals surface area contributed by atoms with Crippen LogP contribution in [0.1, 0.15) is 38.5 Å². The molecule has 1 aliphatic heterocycles. The molecule has 2 amide bonds. The summed E-state index contributed by atoms with van der Waals surface area (Å²) >= 11 is 0. The Balaban J connectivity index is 0.000000515. The van der Waals surface area contributed by atoms with Crippen molar-refractivity contribution in [2.24, 2.45) is 0 Å². The molecule has 0 fully saturated rings. The Hall–Kier alpha value is -2.71. The van der Waals surface area contributed by atoms with Crippen LogP contribution in [0.25, 0.3) is 0 Å².